The van der Waals surface area contributed by atoms with Gasteiger partial charge in [0.15, 0.2) is 11.5 Å². The van der Waals surface area contributed by atoms with E-state index in [4.69, 9.17) is 19.9 Å². The summed E-state index contributed by atoms with van der Waals surface area (Å²) in [6.07, 6.45) is 11.5. The summed E-state index contributed by atoms with van der Waals surface area (Å²) in [4.78, 5) is 23.8. The highest BCUT2D eigenvalue weighted by molar-refractivity contribution is 5.79. The number of hydrogen-bond acceptors (Lipinski definition) is 8. The molecule has 2 aliphatic rings. The minimum Gasteiger partial charge on any atom is -0.504 e. The molecule has 8 heteroatoms. The monoisotopic (exact) mass is 500 g/mol. The largest absolute Gasteiger partial charge is 0.504 e. The zero-order valence-corrected chi connectivity index (χ0v) is 21.7. The summed E-state index contributed by atoms with van der Waals surface area (Å²) >= 11 is 0. The van der Waals surface area contributed by atoms with Crippen LogP contribution >= 0.6 is 0 Å². The number of hydrogen-bond donors (Lipinski definition) is 3. The molecule has 3 rings (SSSR count). The van der Waals surface area contributed by atoms with Crippen LogP contribution in [0.3, 0.4) is 0 Å². The summed E-state index contributed by atoms with van der Waals surface area (Å²) in [5, 5.41) is 13.5. The molecule has 1 saturated carbocycles. The molecular formula is C28H40N2O6. The Morgan fingerprint density at radius 3 is 2.44 bits per heavy atom. The molecule has 8 nitrogen and oxygen atoms in total. The van der Waals surface area contributed by atoms with Gasteiger partial charge in [-0.3, -0.25) is 9.59 Å². The normalized spacial score (nSPS) is 17.8. The van der Waals surface area contributed by atoms with Gasteiger partial charge < -0.3 is 30.4 Å². The van der Waals surface area contributed by atoms with Gasteiger partial charge in [-0.25, -0.2) is 0 Å². The van der Waals surface area contributed by atoms with Gasteiger partial charge in [-0.2, -0.15) is 0 Å². The van der Waals surface area contributed by atoms with Crippen LogP contribution in [0.2, 0.25) is 0 Å². The average Bonchev–Trinajstić information content (AvgIpc) is 2.82. The SMILES string of the molecule is COc1cc(CC[C@H](C[C@H](CC2CCCCC2)OC(C)=O)OC(C)=O)c(C2=CCNC(N)=C2)cc1O. The Labute approximate surface area is 213 Å². The molecule has 1 aliphatic carbocycles. The van der Waals surface area contributed by atoms with Crippen molar-refractivity contribution >= 4 is 17.5 Å². The molecule has 0 radical (unpaired) electrons. The van der Waals surface area contributed by atoms with Crippen molar-refractivity contribution in [1.29, 1.82) is 0 Å². The number of nitrogens with two attached hydrogens (primary N) is 1. The second-order valence-corrected chi connectivity index (χ2v) is 9.80. The van der Waals surface area contributed by atoms with Crippen LogP contribution in [0.5, 0.6) is 11.5 Å². The second kappa shape index (κ2) is 13.2. The van der Waals surface area contributed by atoms with Crippen LogP contribution in [0.15, 0.2) is 30.1 Å². The third-order valence-corrected chi connectivity index (χ3v) is 6.90. The van der Waals surface area contributed by atoms with Gasteiger partial charge in [-0.15, -0.1) is 0 Å². The van der Waals surface area contributed by atoms with Crippen LogP contribution in [0.25, 0.3) is 5.57 Å². The van der Waals surface area contributed by atoms with Gasteiger partial charge in [0, 0.05) is 26.8 Å². The van der Waals surface area contributed by atoms with Crippen LogP contribution in [-0.2, 0) is 25.5 Å². The van der Waals surface area contributed by atoms with Crippen molar-refractivity contribution < 1.29 is 28.9 Å². The molecule has 4 N–H and O–H groups in total. The number of dihydropyridines is 1. The molecule has 1 aromatic rings. The number of carbonyl (C=O) groups excluding carboxylic acids is 2. The number of carbonyl (C=O) groups is 2. The third-order valence-electron chi connectivity index (χ3n) is 6.90. The van der Waals surface area contributed by atoms with Gasteiger partial charge >= 0.3 is 11.9 Å². The fourth-order valence-corrected chi connectivity index (χ4v) is 5.28. The fourth-order valence-electron chi connectivity index (χ4n) is 5.28. The summed E-state index contributed by atoms with van der Waals surface area (Å²) in [5.74, 6) is 0.822. The first-order valence-corrected chi connectivity index (χ1v) is 12.9. The molecule has 0 amide bonds. The van der Waals surface area contributed by atoms with Gasteiger partial charge in [0.2, 0.25) is 0 Å². The maximum Gasteiger partial charge on any atom is 0.302 e. The summed E-state index contributed by atoms with van der Waals surface area (Å²) < 4.78 is 16.7. The van der Waals surface area contributed by atoms with Crippen LogP contribution in [-0.4, -0.2) is 42.9 Å². The van der Waals surface area contributed by atoms with Crippen molar-refractivity contribution in [1.82, 2.24) is 5.32 Å². The predicted molar refractivity (Wildman–Crippen MR) is 138 cm³/mol. The number of methoxy groups -OCH3 is 1. The lowest BCUT2D eigenvalue weighted by molar-refractivity contribution is -0.153. The summed E-state index contributed by atoms with van der Waals surface area (Å²) in [5.41, 5.74) is 8.66. The minimum atomic E-state index is -0.411. The van der Waals surface area contributed by atoms with Crippen LogP contribution in [0, 0.1) is 5.92 Å². The number of rotatable bonds is 11. The number of phenols is 1. The molecule has 1 fully saturated rings. The topological polar surface area (TPSA) is 120 Å². The molecule has 1 aliphatic heterocycles. The van der Waals surface area contributed by atoms with E-state index in [9.17, 15) is 14.7 Å². The zero-order chi connectivity index (χ0) is 26.1. The Hall–Kier alpha value is -3.16. The first kappa shape index (κ1) is 27.4. The van der Waals surface area contributed by atoms with E-state index < -0.39 is 6.10 Å². The summed E-state index contributed by atoms with van der Waals surface area (Å²) in [6.45, 7) is 3.41. The van der Waals surface area contributed by atoms with E-state index in [1.165, 1.54) is 40.2 Å². The molecule has 0 spiro atoms. The van der Waals surface area contributed by atoms with E-state index in [1.807, 2.05) is 18.2 Å². The van der Waals surface area contributed by atoms with Crippen molar-refractivity contribution in [2.75, 3.05) is 13.7 Å². The number of benzene rings is 1. The average molecular weight is 501 g/mol. The predicted octanol–water partition coefficient (Wildman–Crippen LogP) is 4.34. The molecule has 0 unspecified atom stereocenters. The Morgan fingerprint density at radius 1 is 1.11 bits per heavy atom. The van der Waals surface area contributed by atoms with Crippen LogP contribution in [0.1, 0.15) is 76.3 Å². The number of allylic oxidation sites excluding steroid dienone is 2. The van der Waals surface area contributed by atoms with E-state index in [2.05, 4.69) is 5.32 Å². The van der Waals surface area contributed by atoms with Crippen molar-refractivity contribution in [3.05, 3.63) is 41.2 Å². The lowest BCUT2D eigenvalue weighted by Gasteiger charge is -2.29. The summed E-state index contributed by atoms with van der Waals surface area (Å²) in [7, 11) is 1.51. The first-order valence-electron chi connectivity index (χ1n) is 12.9. The third kappa shape index (κ3) is 8.21. The van der Waals surface area contributed by atoms with E-state index >= 15 is 0 Å². The highest BCUT2D eigenvalue weighted by Crippen LogP contribution is 2.35. The first-order chi connectivity index (χ1) is 17.2. The summed E-state index contributed by atoms with van der Waals surface area (Å²) in [6, 6.07) is 3.49. The number of phenolic OH excluding ortho intramolecular Hbond substituents is 1. The Bertz CT molecular complexity index is 980. The molecule has 2 atom stereocenters. The Kier molecular flexibility index (Phi) is 10.1. The fraction of sp³-hybridized carbons (Fsp3) is 0.571. The smallest absolute Gasteiger partial charge is 0.302 e. The van der Waals surface area contributed by atoms with Gasteiger partial charge in [0.05, 0.1) is 12.9 Å². The Morgan fingerprint density at radius 2 is 1.81 bits per heavy atom. The number of aryl methyl sites for hydroxylation is 1. The van der Waals surface area contributed by atoms with Crippen LogP contribution in [0.4, 0.5) is 0 Å². The Balaban J connectivity index is 1.79. The van der Waals surface area contributed by atoms with E-state index in [0.29, 0.717) is 43.3 Å². The van der Waals surface area contributed by atoms with Crippen LogP contribution < -0.4 is 15.8 Å². The van der Waals surface area contributed by atoms with E-state index in [-0.39, 0.29) is 23.8 Å². The molecule has 198 valence electrons. The molecule has 0 saturated heterocycles. The van der Waals surface area contributed by atoms with Gasteiger partial charge in [0.1, 0.15) is 12.2 Å². The number of ether oxygens (including phenoxy) is 3. The lowest BCUT2D eigenvalue weighted by atomic mass is 9.84. The van der Waals surface area contributed by atoms with Crippen molar-refractivity contribution in [2.45, 2.75) is 83.8 Å². The minimum absolute atomic E-state index is 0.0431. The van der Waals surface area contributed by atoms with Gasteiger partial charge in [-0.05, 0) is 60.1 Å². The second-order valence-electron chi connectivity index (χ2n) is 9.80. The number of aromatic hydroxyl groups is 1. The van der Waals surface area contributed by atoms with Gasteiger partial charge in [0.25, 0.3) is 0 Å². The number of esters is 2. The molecule has 0 bridgehead atoms. The number of nitrogens with one attached hydrogen (secondary N) is 1. The highest BCUT2D eigenvalue weighted by atomic mass is 16.6. The standard InChI is InChI=1S/C28H40N2O6/c1-18(31)35-23(16-24(36-19(2)32)13-20-7-5-4-6-8-20)10-9-21-14-27(34-3)26(33)17-25(21)22-11-12-30-28(29)15-22/h11,14-15,17,20,23-24,30,33H,4-10,12-13,16,29H2,1-3H3/t23-,24+/m1/s1. The maximum atomic E-state index is 11.9. The van der Waals surface area contributed by atoms with E-state index in [0.717, 1.165) is 36.0 Å². The molecule has 36 heavy (non-hydrogen) atoms. The lowest BCUT2D eigenvalue weighted by Crippen LogP contribution is -2.29. The van der Waals surface area contributed by atoms with Crippen molar-refractivity contribution in [2.24, 2.45) is 11.7 Å². The highest BCUT2D eigenvalue weighted by Gasteiger charge is 2.26. The van der Waals surface area contributed by atoms with Crippen molar-refractivity contribution in [3.63, 3.8) is 0 Å². The quantitative estimate of drug-likeness (QED) is 0.384. The van der Waals surface area contributed by atoms with Gasteiger partial charge in [-0.1, -0.05) is 38.2 Å². The zero-order valence-electron chi connectivity index (χ0n) is 21.7. The maximum absolute atomic E-state index is 11.9. The molecule has 1 aromatic carbocycles. The van der Waals surface area contributed by atoms with E-state index in [1.54, 1.807) is 6.07 Å². The van der Waals surface area contributed by atoms with Crippen molar-refractivity contribution in [3.8, 4) is 11.5 Å². The molecule has 0 aromatic heterocycles. The molecule has 1 heterocycles. The molecular weight excluding hydrogens is 460 g/mol.